The third-order valence-electron chi connectivity index (χ3n) is 4.28. The van der Waals surface area contributed by atoms with Crippen LogP contribution >= 0.6 is 0 Å². The highest BCUT2D eigenvalue weighted by Crippen LogP contribution is 2.14. The van der Waals surface area contributed by atoms with Crippen LogP contribution in [0, 0.1) is 5.82 Å². The molecule has 1 fully saturated rings. The zero-order valence-corrected chi connectivity index (χ0v) is 13.5. The number of benzene rings is 1. The first kappa shape index (κ1) is 17.3. The fourth-order valence-corrected chi connectivity index (χ4v) is 2.89. The van der Waals surface area contributed by atoms with Crippen molar-refractivity contribution >= 4 is 0 Å². The molecule has 0 aromatic heterocycles. The van der Waals surface area contributed by atoms with Gasteiger partial charge in [0, 0.05) is 18.2 Å². The minimum atomic E-state index is -0.525. The molecule has 1 atom stereocenters. The molecular weight excluding hydrogens is 283 g/mol. The highest BCUT2D eigenvalue weighted by molar-refractivity contribution is 5.16. The lowest BCUT2D eigenvalue weighted by atomic mass is 10.0. The molecule has 124 valence electrons. The van der Waals surface area contributed by atoms with Gasteiger partial charge in [-0.15, -0.1) is 0 Å². The summed E-state index contributed by atoms with van der Waals surface area (Å²) in [7, 11) is 4.23. The van der Waals surface area contributed by atoms with Crippen molar-refractivity contribution in [2.75, 3.05) is 40.3 Å². The zero-order chi connectivity index (χ0) is 15.9. The Morgan fingerprint density at radius 1 is 1.32 bits per heavy atom. The van der Waals surface area contributed by atoms with Crippen molar-refractivity contribution in [3.8, 4) is 0 Å². The van der Waals surface area contributed by atoms with E-state index >= 15 is 0 Å². The van der Waals surface area contributed by atoms with Gasteiger partial charge in [-0.2, -0.15) is 0 Å². The van der Waals surface area contributed by atoms with E-state index in [1.165, 1.54) is 6.07 Å². The number of hydrogen-bond donors (Lipinski definition) is 1. The SMILES string of the molecule is CN(C)C1CCN(CC(O)COCc2ccccc2F)CC1. The van der Waals surface area contributed by atoms with Gasteiger partial charge < -0.3 is 19.6 Å². The number of halogens is 1. The van der Waals surface area contributed by atoms with Gasteiger partial charge in [0.2, 0.25) is 0 Å². The minimum absolute atomic E-state index is 0.201. The quantitative estimate of drug-likeness (QED) is 0.832. The number of hydrogen-bond acceptors (Lipinski definition) is 4. The molecule has 1 aromatic carbocycles. The fourth-order valence-electron chi connectivity index (χ4n) is 2.89. The van der Waals surface area contributed by atoms with Gasteiger partial charge in [0.1, 0.15) is 5.82 Å². The Balaban J connectivity index is 1.64. The van der Waals surface area contributed by atoms with E-state index in [9.17, 15) is 9.50 Å². The van der Waals surface area contributed by atoms with Crippen LogP contribution in [0.2, 0.25) is 0 Å². The number of aliphatic hydroxyl groups excluding tert-OH is 1. The summed E-state index contributed by atoms with van der Waals surface area (Å²) in [6, 6.07) is 7.21. The van der Waals surface area contributed by atoms with Crippen LogP contribution in [0.5, 0.6) is 0 Å². The van der Waals surface area contributed by atoms with Crippen molar-refractivity contribution in [3.05, 3.63) is 35.6 Å². The first-order valence-corrected chi connectivity index (χ1v) is 7.94. The molecule has 0 bridgehead atoms. The number of likely N-dealkylation sites (tertiary alicyclic amines) is 1. The smallest absolute Gasteiger partial charge is 0.128 e. The lowest BCUT2D eigenvalue weighted by Crippen LogP contribution is -2.45. The summed E-state index contributed by atoms with van der Waals surface area (Å²) >= 11 is 0. The molecule has 0 radical (unpaired) electrons. The minimum Gasteiger partial charge on any atom is -0.389 e. The van der Waals surface area contributed by atoms with Crippen molar-refractivity contribution in [3.63, 3.8) is 0 Å². The highest BCUT2D eigenvalue weighted by Gasteiger charge is 2.22. The number of nitrogens with zero attached hydrogens (tertiary/aromatic N) is 2. The summed E-state index contributed by atoms with van der Waals surface area (Å²) in [6.07, 6.45) is 1.74. The molecular formula is C17H27FN2O2. The standard InChI is InChI=1S/C17H27FN2O2/c1-19(2)15-7-9-20(10-8-15)11-16(21)13-22-12-14-5-3-4-6-17(14)18/h3-6,15-16,21H,7-13H2,1-2H3. The molecule has 2 rings (SSSR count). The van der Waals surface area contributed by atoms with Crippen LogP contribution in [-0.2, 0) is 11.3 Å². The predicted molar refractivity (Wildman–Crippen MR) is 85.2 cm³/mol. The molecule has 0 aliphatic carbocycles. The van der Waals surface area contributed by atoms with E-state index in [0.717, 1.165) is 25.9 Å². The summed E-state index contributed by atoms with van der Waals surface area (Å²) < 4.78 is 18.9. The topological polar surface area (TPSA) is 35.9 Å². The molecule has 1 unspecified atom stereocenters. The molecule has 22 heavy (non-hydrogen) atoms. The average Bonchev–Trinajstić information content (AvgIpc) is 2.50. The largest absolute Gasteiger partial charge is 0.389 e. The van der Waals surface area contributed by atoms with Crippen LogP contribution in [-0.4, -0.2) is 67.4 Å². The normalized spacial score (nSPS) is 18.8. The summed E-state index contributed by atoms with van der Waals surface area (Å²) in [4.78, 5) is 4.54. The maximum atomic E-state index is 13.4. The summed E-state index contributed by atoms with van der Waals surface area (Å²) in [5.74, 6) is -0.261. The Morgan fingerprint density at radius 2 is 2.00 bits per heavy atom. The third-order valence-corrected chi connectivity index (χ3v) is 4.28. The zero-order valence-electron chi connectivity index (χ0n) is 13.5. The van der Waals surface area contributed by atoms with E-state index in [2.05, 4.69) is 23.9 Å². The van der Waals surface area contributed by atoms with Crippen molar-refractivity contribution < 1.29 is 14.2 Å². The van der Waals surface area contributed by atoms with E-state index in [1.807, 2.05) is 0 Å². The van der Waals surface area contributed by atoms with Crippen molar-refractivity contribution in [1.82, 2.24) is 9.80 Å². The first-order chi connectivity index (χ1) is 10.6. The molecule has 0 amide bonds. The average molecular weight is 310 g/mol. The molecule has 0 spiro atoms. The summed E-state index contributed by atoms with van der Waals surface area (Å²) in [5, 5.41) is 10.1. The van der Waals surface area contributed by atoms with Crippen molar-refractivity contribution in [2.24, 2.45) is 0 Å². The van der Waals surface area contributed by atoms with Gasteiger partial charge in [-0.05, 0) is 46.1 Å². The molecule has 0 saturated carbocycles. The maximum Gasteiger partial charge on any atom is 0.128 e. The molecule has 1 saturated heterocycles. The van der Waals surface area contributed by atoms with E-state index in [-0.39, 0.29) is 19.0 Å². The Morgan fingerprint density at radius 3 is 2.64 bits per heavy atom. The second-order valence-electron chi connectivity index (χ2n) is 6.26. The van der Waals surface area contributed by atoms with Gasteiger partial charge in [0.25, 0.3) is 0 Å². The van der Waals surface area contributed by atoms with Crippen LogP contribution < -0.4 is 0 Å². The molecule has 1 heterocycles. The Labute approximate surface area is 132 Å². The van der Waals surface area contributed by atoms with Gasteiger partial charge in [-0.1, -0.05) is 18.2 Å². The molecule has 4 nitrogen and oxygen atoms in total. The second-order valence-corrected chi connectivity index (χ2v) is 6.26. The molecule has 5 heteroatoms. The lowest BCUT2D eigenvalue weighted by Gasteiger charge is -2.35. The van der Waals surface area contributed by atoms with Crippen LogP contribution in [0.1, 0.15) is 18.4 Å². The monoisotopic (exact) mass is 310 g/mol. The lowest BCUT2D eigenvalue weighted by molar-refractivity contribution is 0.00255. The molecule has 1 aliphatic rings. The molecule has 1 aliphatic heterocycles. The van der Waals surface area contributed by atoms with E-state index in [4.69, 9.17) is 4.74 Å². The number of piperidine rings is 1. The predicted octanol–water partition coefficient (Wildman–Crippen LogP) is 1.73. The van der Waals surface area contributed by atoms with Gasteiger partial charge in [-0.3, -0.25) is 0 Å². The van der Waals surface area contributed by atoms with Gasteiger partial charge in [0.05, 0.1) is 19.3 Å². The van der Waals surface area contributed by atoms with E-state index in [0.29, 0.717) is 18.2 Å². The van der Waals surface area contributed by atoms with E-state index in [1.54, 1.807) is 18.2 Å². The molecule has 1 N–H and O–H groups in total. The van der Waals surface area contributed by atoms with Gasteiger partial charge >= 0.3 is 0 Å². The Hall–Kier alpha value is -1.01. The Kier molecular flexibility index (Phi) is 6.76. The first-order valence-electron chi connectivity index (χ1n) is 7.94. The number of β-amino-alcohol motifs (C(OH)–C–C–N with tert-alkyl or cyclic N) is 1. The maximum absolute atomic E-state index is 13.4. The third kappa shape index (κ3) is 5.32. The van der Waals surface area contributed by atoms with E-state index < -0.39 is 6.10 Å². The van der Waals surface area contributed by atoms with Gasteiger partial charge in [-0.25, -0.2) is 4.39 Å². The van der Waals surface area contributed by atoms with Crippen LogP contribution in [0.15, 0.2) is 24.3 Å². The number of aliphatic hydroxyl groups is 1. The van der Waals surface area contributed by atoms with Gasteiger partial charge in [0.15, 0.2) is 0 Å². The number of ether oxygens (including phenoxy) is 1. The van der Waals surface area contributed by atoms with Crippen LogP contribution in [0.25, 0.3) is 0 Å². The Bertz CT molecular complexity index is 448. The molecule has 1 aromatic rings. The number of rotatable bonds is 7. The summed E-state index contributed by atoms with van der Waals surface area (Å²) in [6.45, 7) is 3.08. The summed E-state index contributed by atoms with van der Waals surface area (Å²) in [5.41, 5.74) is 0.529. The van der Waals surface area contributed by atoms with Crippen molar-refractivity contribution in [1.29, 1.82) is 0 Å². The van der Waals surface area contributed by atoms with Crippen LogP contribution in [0.4, 0.5) is 4.39 Å². The van der Waals surface area contributed by atoms with Crippen LogP contribution in [0.3, 0.4) is 0 Å². The van der Waals surface area contributed by atoms with Crippen molar-refractivity contribution in [2.45, 2.75) is 31.6 Å². The fraction of sp³-hybridized carbons (Fsp3) is 0.647. The second kappa shape index (κ2) is 8.58. The highest BCUT2D eigenvalue weighted by atomic mass is 19.1.